The molecule has 1 aromatic heterocycles. The van der Waals surface area contributed by atoms with E-state index in [0.29, 0.717) is 11.5 Å². The normalized spacial score (nSPS) is 30.6. The molecule has 0 saturated carbocycles. The Bertz CT molecular complexity index is 857. The number of phosphoric acid groups is 2. The van der Waals surface area contributed by atoms with E-state index in [-0.39, 0.29) is 16.7 Å². The number of ether oxygens (including phenoxy) is 1. The molecule has 1 unspecified atom stereocenters. The molecule has 0 bridgehead atoms. The highest BCUT2D eigenvalue weighted by Gasteiger charge is 2.52. The van der Waals surface area contributed by atoms with Crippen molar-refractivity contribution in [2.24, 2.45) is 4.99 Å². The zero-order valence-corrected chi connectivity index (χ0v) is 15.7. The number of nitrogens with two attached hydrogens (primary N) is 1. The predicted molar refractivity (Wildman–Crippen MR) is 90.5 cm³/mol. The number of nitrogens with zero attached hydrogens (tertiary/aromatic N) is 4. The lowest BCUT2D eigenvalue weighted by molar-refractivity contribution is -0.0483. The van der Waals surface area contributed by atoms with Crippen molar-refractivity contribution in [3.63, 3.8) is 0 Å². The highest BCUT2D eigenvalue weighted by atomic mass is 31.2. The van der Waals surface area contributed by atoms with Crippen LogP contribution in [-0.4, -0.2) is 68.0 Å². The maximum Gasteiger partial charge on any atom is 0.469 e. The van der Waals surface area contributed by atoms with Gasteiger partial charge in [0.1, 0.15) is 18.5 Å². The lowest BCUT2D eigenvalue weighted by Crippen LogP contribution is -2.51. The van der Waals surface area contributed by atoms with Crippen molar-refractivity contribution >= 4 is 39.3 Å². The monoisotopic (exact) mass is 426 g/mol. The van der Waals surface area contributed by atoms with Gasteiger partial charge in [-0.25, -0.2) is 18.6 Å². The molecule has 1 saturated heterocycles. The third kappa shape index (κ3) is 4.41. The molecule has 0 spiro atoms. The Morgan fingerprint density at radius 1 is 1.30 bits per heavy atom. The Kier molecular flexibility index (Phi) is 5.25. The summed E-state index contributed by atoms with van der Waals surface area (Å²) in [4.78, 5) is 48.1. The number of anilines is 1. The van der Waals surface area contributed by atoms with Crippen LogP contribution in [0.2, 0.25) is 0 Å². The number of aromatic nitrogens is 2. The lowest BCUT2D eigenvalue weighted by atomic mass is 10.2. The molecule has 1 fully saturated rings. The van der Waals surface area contributed by atoms with Gasteiger partial charge in [0.2, 0.25) is 6.23 Å². The number of aliphatic imine (C=N–C) groups is 1. The van der Waals surface area contributed by atoms with E-state index < -0.39 is 40.7 Å². The van der Waals surface area contributed by atoms with E-state index in [1.54, 1.807) is 7.05 Å². The second kappa shape index (κ2) is 6.94. The van der Waals surface area contributed by atoms with Gasteiger partial charge in [0.05, 0.1) is 20.1 Å². The minimum absolute atomic E-state index is 0.0356. The molecule has 0 aliphatic carbocycles. The van der Waals surface area contributed by atoms with E-state index in [2.05, 4.69) is 19.5 Å². The Morgan fingerprint density at radius 2 is 2.00 bits per heavy atom. The van der Waals surface area contributed by atoms with Gasteiger partial charge in [0.25, 0.3) is 5.82 Å². The largest absolute Gasteiger partial charge is 0.469 e. The molecule has 6 N–H and O–H groups in total. The van der Waals surface area contributed by atoms with E-state index in [1.807, 2.05) is 0 Å². The second-order valence-electron chi connectivity index (χ2n) is 6.11. The zero-order chi connectivity index (χ0) is 20.0. The van der Waals surface area contributed by atoms with Crippen molar-refractivity contribution in [3.8, 4) is 0 Å². The summed E-state index contributed by atoms with van der Waals surface area (Å²) in [5.41, 5.74) is 6.11. The predicted octanol–water partition coefficient (Wildman–Crippen LogP) is -0.629. The summed E-state index contributed by atoms with van der Waals surface area (Å²) in [7, 11) is -8.03. The van der Waals surface area contributed by atoms with Gasteiger partial charge in [-0.05, 0) is 0 Å². The van der Waals surface area contributed by atoms with Crippen molar-refractivity contribution in [2.45, 2.75) is 24.9 Å². The average Bonchev–Trinajstić information content (AvgIpc) is 3.07. The SMILES string of the molecule is C[N+]1([C@H]2C[C@H](OP(=O)(O)O)[C@@H](COP(=O)(O)O)O2)C=Nc2c(N)ncnc21. The van der Waals surface area contributed by atoms with Crippen LogP contribution in [0.1, 0.15) is 6.42 Å². The van der Waals surface area contributed by atoms with Gasteiger partial charge in [0, 0.05) is 0 Å². The van der Waals surface area contributed by atoms with Crippen LogP contribution in [0.3, 0.4) is 0 Å². The van der Waals surface area contributed by atoms with Gasteiger partial charge < -0.3 is 30.0 Å². The number of hydrogen-bond acceptors (Lipinski definition) is 9. The van der Waals surface area contributed by atoms with Gasteiger partial charge in [-0.1, -0.05) is 0 Å². The summed E-state index contributed by atoms with van der Waals surface area (Å²) in [5.74, 6) is 0.555. The van der Waals surface area contributed by atoms with E-state index in [4.69, 9.17) is 34.6 Å². The average molecular weight is 426 g/mol. The first-order chi connectivity index (χ1) is 12.4. The summed E-state index contributed by atoms with van der Waals surface area (Å²) in [6.07, 6.45) is -0.443. The molecule has 0 amide bonds. The van der Waals surface area contributed by atoms with Gasteiger partial charge in [-0.15, -0.1) is 0 Å². The van der Waals surface area contributed by atoms with E-state index in [9.17, 15) is 9.13 Å². The van der Waals surface area contributed by atoms with Gasteiger partial charge in [0.15, 0.2) is 17.8 Å². The van der Waals surface area contributed by atoms with E-state index in [0.717, 1.165) is 0 Å². The fourth-order valence-corrected chi connectivity index (χ4v) is 3.86. The summed E-state index contributed by atoms with van der Waals surface area (Å²) in [6, 6.07) is 0. The second-order valence-corrected chi connectivity index (χ2v) is 8.54. The highest BCUT2D eigenvalue weighted by molar-refractivity contribution is 7.46. The van der Waals surface area contributed by atoms with Crippen LogP contribution in [0, 0.1) is 0 Å². The summed E-state index contributed by atoms with van der Waals surface area (Å²) in [6.45, 7) is -0.638. The number of rotatable bonds is 6. The fourth-order valence-electron chi connectivity index (χ4n) is 2.95. The maximum atomic E-state index is 11.2. The number of fused-ring (bicyclic) bond motifs is 1. The minimum atomic E-state index is -4.89. The molecule has 0 aromatic carbocycles. The van der Waals surface area contributed by atoms with Crippen molar-refractivity contribution in [2.75, 3.05) is 19.4 Å². The standard InChI is InChI=1S/C11H17N5O9P2/c1-16(5-15-9-10(12)13-4-14-11(9)16)8-2-6(25-27(20,21)22)7(24-8)3-23-26(17,18)19/h4-8H,2-3H2,1H3,(H5-,12,13,14,17,18,19,20,21,22)/p+1/t6-,7+,8+,16?/m0/s1. The van der Waals surface area contributed by atoms with Gasteiger partial charge in [-0.2, -0.15) is 9.98 Å². The third-order valence-electron chi connectivity index (χ3n) is 4.17. The van der Waals surface area contributed by atoms with Crippen LogP contribution in [0.5, 0.6) is 0 Å². The van der Waals surface area contributed by atoms with Crippen LogP contribution < -0.4 is 10.2 Å². The first-order valence-corrected chi connectivity index (χ1v) is 10.6. The topological polar surface area (TPSA) is 207 Å². The molecular weight excluding hydrogens is 408 g/mol. The summed E-state index contributed by atoms with van der Waals surface area (Å²) >= 11 is 0. The van der Waals surface area contributed by atoms with Crippen molar-refractivity contribution in [3.05, 3.63) is 6.33 Å². The first-order valence-electron chi connectivity index (χ1n) is 7.51. The molecule has 150 valence electrons. The number of quaternary nitrogens is 1. The molecule has 4 atom stereocenters. The Morgan fingerprint density at radius 3 is 2.63 bits per heavy atom. The third-order valence-corrected chi connectivity index (χ3v) is 5.20. The van der Waals surface area contributed by atoms with Crippen LogP contribution in [0.15, 0.2) is 11.3 Å². The molecule has 16 heteroatoms. The van der Waals surface area contributed by atoms with Crippen LogP contribution in [-0.2, 0) is 22.9 Å². The molecule has 3 rings (SSSR count). The highest BCUT2D eigenvalue weighted by Crippen LogP contribution is 2.47. The number of nitrogen functional groups attached to an aromatic ring is 1. The molecule has 0 radical (unpaired) electrons. The molecule has 3 heterocycles. The smallest absolute Gasteiger partial charge is 0.382 e. The molecule has 27 heavy (non-hydrogen) atoms. The lowest BCUT2D eigenvalue weighted by Gasteiger charge is -2.30. The van der Waals surface area contributed by atoms with E-state index >= 15 is 0 Å². The fraction of sp³-hybridized carbons (Fsp3) is 0.545. The van der Waals surface area contributed by atoms with Gasteiger partial charge >= 0.3 is 15.6 Å². The maximum absolute atomic E-state index is 11.2. The Balaban J connectivity index is 1.86. The minimum Gasteiger partial charge on any atom is -0.382 e. The molecule has 2 aliphatic heterocycles. The van der Waals surface area contributed by atoms with Crippen molar-refractivity contribution < 1.29 is 42.5 Å². The Hall–Kier alpha value is -1.31. The summed E-state index contributed by atoms with van der Waals surface area (Å²) in [5, 5.41) is 0. The first kappa shape index (κ1) is 20.4. The molecule has 2 aliphatic rings. The van der Waals surface area contributed by atoms with Gasteiger partial charge in [-0.3, -0.25) is 9.05 Å². The number of hydrogen-bond donors (Lipinski definition) is 5. The van der Waals surface area contributed by atoms with Crippen LogP contribution in [0.25, 0.3) is 0 Å². The Labute approximate surface area is 152 Å². The summed E-state index contributed by atoms with van der Waals surface area (Å²) < 4.78 is 36.9. The van der Waals surface area contributed by atoms with Crippen LogP contribution in [0.4, 0.5) is 17.3 Å². The van der Waals surface area contributed by atoms with Crippen LogP contribution >= 0.6 is 15.6 Å². The van der Waals surface area contributed by atoms with E-state index in [1.165, 1.54) is 12.7 Å². The van der Waals surface area contributed by atoms with Crippen molar-refractivity contribution in [1.82, 2.24) is 14.5 Å². The molecule has 14 nitrogen and oxygen atoms in total. The van der Waals surface area contributed by atoms with Crippen molar-refractivity contribution in [1.29, 1.82) is 0 Å². The molecule has 1 aromatic rings. The zero-order valence-electron chi connectivity index (χ0n) is 13.9. The molecular formula is C11H18N5O9P2+. The quantitative estimate of drug-likeness (QED) is 0.285. The number of phosphoric ester groups is 2.